The van der Waals surface area contributed by atoms with Crippen LogP contribution < -0.4 is 0 Å². The summed E-state index contributed by atoms with van der Waals surface area (Å²) in [7, 11) is -4.33. The molecule has 1 aromatic carbocycles. The van der Waals surface area contributed by atoms with E-state index in [0.717, 1.165) is 28.9 Å². The lowest BCUT2D eigenvalue weighted by Gasteiger charge is -2.31. The van der Waals surface area contributed by atoms with Crippen molar-refractivity contribution in [3.63, 3.8) is 0 Å². The molecule has 2 rings (SSSR count). The third kappa shape index (κ3) is 2.52. The molecule has 1 atom stereocenters. The predicted molar refractivity (Wildman–Crippen MR) is 64.0 cm³/mol. The van der Waals surface area contributed by atoms with Gasteiger partial charge in [0.1, 0.15) is 17.9 Å². The van der Waals surface area contributed by atoms with Crippen molar-refractivity contribution in [1.29, 1.82) is 0 Å². The van der Waals surface area contributed by atoms with Crippen LogP contribution in [0.15, 0.2) is 23.1 Å². The summed E-state index contributed by atoms with van der Waals surface area (Å²) in [5.74, 6) is -2.29. The second-order valence-corrected chi connectivity index (χ2v) is 6.19. The summed E-state index contributed by atoms with van der Waals surface area (Å²) < 4.78 is 52.6. The summed E-state index contributed by atoms with van der Waals surface area (Å²) >= 11 is 0. The SMILES string of the molecule is O=CC1CCCCN1S(=O)(=O)c1c(F)cccc1F. The zero-order valence-corrected chi connectivity index (χ0v) is 10.9. The first-order valence-corrected chi connectivity index (χ1v) is 7.33. The maximum atomic E-state index is 13.6. The van der Waals surface area contributed by atoms with Crippen molar-refractivity contribution in [2.45, 2.75) is 30.2 Å². The fourth-order valence-corrected chi connectivity index (χ4v) is 3.96. The summed E-state index contributed by atoms with van der Waals surface area (Å²) in [6.07, 6.45) is 2.17. The molecule has 1 heterocycles. The van der Waals surface area contributed by atoms with E-state index in [1.54, 1.807) is 0 Å². The van der Waals surface area contributed by atoms with Gasteiger partial charge in [0.15, 0.2) is 4.90 Å². The molecule has 0 N–H and O–H groups in total. The van der Waals surface area contributed by atoms with Crippen LogP contribution in [0.25, 0.3) is 0 Å². The Morgan fingerprint density at radius 3 is 2.42 bits per heavy atom. The van der Waals surface area contributed by atoms with Crippen LogP contribution in [-0.2, 0) is 14.8 Å². The van der Waals surface area contributed by atoms with Crippen molar-refractivity contribution in [2.24, 2.45) is 0 Å². The number of aldehydes is 1. The van der Waals surface area contributed by atoms with E-state index in [4.69, 9.17) is 0 Å². The largest absolute Gasteiger partial charge is 0.302 e. The summed E-state index contributed by atoms with van der Waals surface area (Å²) in [5, 5.41) is 0. The second kappa shape index (κ2) is 5.34. The van der Waals surface area contributed by atoms with Crippen LogP contribution in [0.1, 0.15) is 19.3 Å². The van der Waals surface area contributed by atoms with Crippen LogP contribution in [-0.4, -0.2) is 31.6 Å². The van der Waals surface area contributed by atoms with Gasteiger partial charge in [0.25, 0.3) is 0 Å². The average Bonchev–Trinajstić information content (AvgIpc) is 2.38. The van der Waals surface area contributed by atoms with Gasteiger partial charge in [-0.3, -0.25) is 0 Å². The van der Waals surface area contributed by atoms with Gasteiger partial charge in [0, 0.05) is 6.54 Å². The predicted octanol–water partition coefficient (Wildman–Crippen LogP) is 1.71. The quantitative estimate of drug-likeness (QED) is 0.796. The number of hydrogen-bond donors (Lipinski definition) is 0. The highest BCUT2D eigenvalue weighted by Crippen LogP contribution is 2.27. The Morgan fingerprint density at radius 2 is 1.84 bits per heavy atom. The van der Waals surface area contributed by atoms with E-state index in [2.05, 4.69) is 0 Å². The normalized spacial score (nSPS) is 21.3. The lowest BCUT2D eigenvalue weighted by Crippen LogP contribution is -2.45. The Kier molecular flexibility index (Phi) is 3.96. The minimum atomic E-state index is -4.33. The highest BCUT2D eigenvalue weighted by molar-refractivity contribution is 7.89. The minimum Gasteiger partial charge on any atom is -0.302 e. The third-order valence-corrected chi connectivity index (χ3v) is 5.12. The Morgan fingerprint density at radius 1 is 1.21 bits per heavy atom. The number of piperidine rings is 1. The van der Waals surface area contributed by atoms with Gasteiger partial charge in [0.2, 0.25) is 10.0 Å². The molecular weight excluding hydrogens is 276 g/mol. The Labute approximate surface area is 110 Å². The molecule has 104 valence electrons. The topological polar surface area (TPSA) is 54.5 Å². The summed E-state index contributed by atoms with van der Waals surface area (Å²) in [5.41, 5.74) is 0. The minimum absolute atomic E-state index is 0.0967. The van der Waals surface area contributed by atoms with Crippen molar-refractivity contribution in [3.8, 4) is 0 Å². The van der Waals surface area contributed by atoms with Gasteiger partial charge in [-0.1, -0.05) is 12.5 Å². The van der Waals surface area contributed by atoms with Crippen molar-refractivity contribution in [2.75, 3.05) is 6.54 Å². The number of nitrogens with zero attached hydrogens (tertiary/aromatic N) is 1. The molecule has 0 amide bonds. The van der Waals surface area contributed by atoms with Crippen molar-refractivity contribution in [1.82, 2.24) is 4.31 Å². The Hall–Kier alpha value is -1.34. The van der Waals surface area contributed by atoms with Crippen molar-refractivity contribution < 1.29 is 22.0 Å². The number of rotatable bonds is 3. The summed E-state index contributed by atoms with van der Waals surface area (Å²) in [4.78, 5) is 9.94. The molecule has 1 unspecified atom stereocenters. The van der Waals surface area contributed by atoms with Crippen LogP contribution in [0.4, 0.5) is 8.78 Å². The number of sulfonamides is 1. The molecule has 1 fully saturated rings. The molecule has 1 aromatic rings. The van der Waals surface area contributed by atoms with Gasteiger partial charge in [-0.15, -0.1) is 0 Å². The lowest BCUT2D eigenvalue weighted by atomic mass is 10.1. The fraction of sp³-hybridized carbons (Fsp3) is 0.417. The molecule has 4 nitrogen and oxygen atoms in total. The van der Waals surface area contributed by atoms with Gasteiger partial charge in [0.05, 0.1) is 6.04 Å². The third-order valence-electron chi connectivity index (χ3n) is 3.14. The van der Waals surface area contributed by atoms with Crippen LogP contribution in [0.3, 0.4) is 0 Å². The van der Waals surface area contributed by atoms with Crippen LogP contribution >= 0.6 is 0 Å². The molecule has 0 saturated carbocycles. The standard InChI is InChI=1S/C12H13F2NO3S/c13-10-5-3-6-11(14)12(10)19(17,18)15-7-2-1-4-9(15)8-16/h3,5-6,8-9H,1-2,4,7H2. The molecule has 0 radical (unpaired) electrons. The van der Waals surface area contributed by atoms with Gasteiger partial charge >= 0.3 is 0 Å². The molecule has 1 aliphatic heterocycles. The second-order valence-electron chi connectivity index (χ2n) is 4.37. The zero-order chi connectivity index (χ0) is 14.0. The number of hydrogen-bond acceptors (Lipinski definition) is 3. The number of halogens is 2. The van der Waals surface area contributed by atoms with Gasteiger partial charge in [-0.05, 0) is 25.0 Å². The smallest absolute Gasteiger partial charge is 0.249 e. The van der Waals surface area contributed by atoms with Crippen LogP contribution in [0.5, 0.6) is 0 Å². The van der Waals surface area contributed by atoms with Crippen LogP contribution in [0, 0.1) is 11.6 Å². The zero-order valence-electron chi connectivity index (χ0n) is 10.1. The van der Waals surface area contributed by atoms with Crippen molar-refractivity contribution in [3.05, 3.63) is 29.8 Å². The Bertz CT molecular complexity index is 568. The van der Waals surface area contributed by atoms with E-state index in [-0.39, 0.29) is 6.54 Å². The first kappa shape index (κ1) is 14.1. The molecular formula is C12H13F2NO3S. The van der Waals surface area contributed by atoms with E-state index >= 15 is 0 Å². The van der Waals surface area contributed by atoms with E-state index in [1.165, 1.54) is 0 Å². The summed E-state index contributed by atoms with van der Waals surface area (Å²) in [6.45, 7) is 0.0967. The molecule has 1 aliphatic rings. The van der Waals surface area contributed by atoms with E-state index in [0.29, 0.717) is 19.1 Å². The van der Waals surface area contributed by atoms with Crippen molar-refractivity contribution >= 4 is 16.3 Å². The van der Waals surface area contributed by atoms with Gasteiger partial charge in [-0.25, -0.2) is 17.2 Å². The first-order valence-electron chi connectivity index (χ1n) is 5.89. The average molecular weight is 289 g/mol. The molecule has 0 aliphatic carbocycles. The Balaban J connectivity index is 2.50. The summed E-state index contributed by atoms with van der Waals surface area (Å²) in [6, 6.07) is 2.01. The van der Waals surface area contributed by atoms with Gasteiger partial charge in [-0.2, -0.15) is 4.31 Å². The van der Waals surface area contributed by atoms with Gasteiger partial charge < -0.3 is 4.79 Å². The highest BCUT2D eigenvalue weighted by atomic mass is 32.2. The highest BCUT2D eigenvalue weighted by Gasteiger charge is 2.36. The lowest BCUT2D eigenvalue weighted by molar-refractivity contribution is -0.111. The monoisotopic (exact) mass is 289 g/mol. The molecule has 1 saturated heterocycles. The molecule has 0 bridgehead atoms. The maximum absolute atomic E-state index is 13.6. The van der Waals surface area contributed by atoms with E-state index in [9.17, 15) is 22.0 Å². The molecule has 0 spiro atoms. The number of carbonyl (C=O) groups excluding carboxylic acids is 1. The maximum Gasteiger partial charge on any atom is 0.249 e. The van der Waals surface area contributed by atoms with E-state index in [1.807, 2.05) is 0 Å². The first-order chi connectivity index (χ1) is 8.98. The fourth-order valence-electron chi connectivity index (χ4n) is 2.21. The molecule has 0 aromatic heterocycles. The number of carbonyl (C=O) groups is 1. The number of benzene rings is 1. The van der Waals surface area contributed by atoms with E-state index < -0.39 is 32.6 Å². The molecule has 19 heavy (non-hydrogen) atoms. The van der Waals surface area contributed by atoms with Crippen LogP contribution in [0.2, 0.25) is 0 Å². The molecule has 7 heteroatoms.